The van der Waals surface area contributed by atoms with E-state index in [1.54, 1.807) is 13.8 Å². The van der Waals surface area contributed by atoms with Crippen LogP contribution >= 0.6 is 15.9 Å². The van der Waals surface area contributed by atoms with Crippen LogP contribution in [0, 0.1) is 0 Å². The summed E-state index contributed by atoms with van der Waals surface area (Å²) in [5, 5.41) is 10.1. The molecule has 0 saturated carbocycles. The smallest absolute Gasteiger partial charge is 0.410 e. The van der Waals surface area contributed by atoms with Crippen LogP contribution in [0.3, 0.4) is 0 Å². The van der Waals surface area contributed by atoms with Crippen molar-refractivity contribution in [2.24, 2.45) is 0 Å². The molecule has 0 heterocycles. The topological polar surface area (TPSA) is 66.8 Å². The molecule has 0 aliphatic heterocycles. The van der Waals surface area contributed by atoms with Crippen LogP contribution in [-0.4, -0.2) is 40.8 Å². The molecule has 4 rings (SSSR count). The van der Waals surface area contributed by atoms with Crippen LogP contribution < -0.4 is 0 Å². The first-order valence-electron chi connectivity index (χ1n) is 11.0. The molecule has 33 heavy (non-hydrogen) atoms. The first kappa shape index (κ1) is 23.1. The van der Waals surface area contributed by atoms with Crippen molar-refractivity contribution >= 4 is 28.0 Å². The highest BCUT2D eigenvalue weighted by Gasteiger charge is 2.43. The molecule has 3 aromatic carbocycles. The van der Waals surface area contributed by atoms with Crippen LogP contribution in [0.15, 0.2) is 77.3 Å². The Labute approximate surface area is 202 Å². The number of hydrogen-bond donors (Lipinski definition) is 1. The van der Waals surface area contributed by atoms with E-state index in [0.29, 0.717) is 0 Å². The van der Waals surface area contributed by atoms with Gasteiger partial charge in [0.25, 0.3) is 0 Å². The van der Waals surface area contributed by atoms with Gasteiger partial charge in [-0.2, -0.15) is 0 Å². The van der Waals surface area contributed by atoms with E-state index >= 15 is 0 Å². The fourth-order valence-electron chi connectivity index (χ4n) is 4.64. The molecule has 5 nitrogen and oxygen atoms in total. The number of benzene rings is 3. The first-order chi connectivity index (χ1) is 15.8. The summed E-state index contributed by atoms with van der Waals surface area (Å²) in [7, 11) is 0. The number of nitrogens with zero attached hydrogens (tertiary/aromatic N) is 1. The van der Waals surface area contributed by atoms with Crippen LogP contribution in [0.5, 0.6) is 0 Å². The molecular formula is C27H26BrNO4. The number of carboxylic acids is 1. The third-order valence-corrected chi connectivity index (χ3v) is 6.92. The van der Waals surface area contributed by atoms with Gasteiger partial charge >= 0.3 is 12.1 Å². The van der Waals surface area contributed by atoms with Gasteiger partial charge in [-0.15, -0.1) is 0 Å². The van der Waals surface area contributed by atoms with Gasteiger partial charge < -0.3 is 9.84 Å². The molecule has 0 spiro atoms. The Morgan fingerprint density at radius 3 is 2.03 bits per heavy atom. The summed E-state index contributed by atoms with van der Waals surface area (Å²) < 4.78 is 6.67. The number of likely N-dealkylation sites (N-methyl/N-ethyl adjacent to an activating group) is 1. The van der Waals surface area contributed by atoms with Gasteiger partial charge in [-0.1, -0.05) is 76.6 Å². The lowest BCUT2D eigenvalue weighted by atomic mass is 9.91. The average molecular weight is 508 g/mol. The summed E-state index contributed by atoms with van der Waals surface area (Å²) >= 11 is 3.39. The zero-order valence-corrected chi connectivity index (χ0v) is 20.2. The summed E-state index contributed by atoms with van der Waals surface area (Å²) in [6.45, 7) is 3.71. The predicted octanol–water partition coefficient (Wildman–Crippen LogP) is 6.11. The number of fused-ring (bicyclic) bond motifs is 3. The summed E-state index contributed by atoms with van der Waals surface area (Å²) in [6, 6.07) is 23.7. The first-order valence-corrected chi connectivity index (χ1v) is 11.7. The average Bonchev–Trinajstić information content (AvgIpc) is 3.13. The number of carbonyl (C=O) groups excluding carboxylic acids is 1. The highest BCUT2D eigenvalue weighted by Crippen LogP contribution is 2.44. The molecule has 0 radical (unpaired) electrons. The van der Waals surface area contributed by atoms with Gasteiger partial charge in [0.05, 0.1) is 0 Å². The number of carbonyl (C=O) groups is 2. The van der Waals surface area contributed by atoms with E-state index in [1.165, 1.54) is 4.90 Å². The fraction of sp³-hybridized carbons (Fsp3) is 0.259. The van der Waals surface area contributed by atoms with E-state index in [9.17, 15) is 14.7 Å². The summed E-state index contributed by atoms with van der Waals surface area (Å²) in [4.78, 5) is 26.8. The number of ether oxygens (including phenoxy) is 1. The zero-order chi connectivity index (χ0) is 23.6. The second-order valence-corrected chi connectivity index (χ2v) is 9.35. The van der Waals surface area contributed by atoms with Crippen LogP contribution in [-0.2, 0) is 16.0 Å². The number of aliphatic carboxylic acids is 1. The van der Waals surface area contributed by atoms with Crippen molar-refractivity contribution in [1.82, 2.24) is 4.90 Å². The molecule has 0 saturated heterocycles. The molecule has 0 bridgehead atoms. The fourth-order valence-corrected chi connectivity index (χ4v) is 4.90. The summed E-state index contributed by atoms with van der Waals surface area (Å²) in [5.74, 6) is -1.15. The lowest BCUT2D eigenvalue weighted by Crippen LogP contribution is -2.56. The Morgan fingerprint density at radius 2 is 1.52 bits per heavy atom. The minimum Gasteiger partial charge on any atom is -0.479 e. The Balaban J connectivity index is 1.55. The van der Waals surface area contributed by atoms with Crippen LogP contribution in [0.4, 0.5) is 4.79 Å². The second kappa shape index (κ2) is 9.40. The maximum absolute atomic E-state index is 13.2. The molecule has 1 unspecified atom stereocenters. The predicted molar refractivity (Wildman–Crippen MR) is 131 cm³/mol. The van der Waals surface area contributed by atoms with Crippen molar-refractivity contribution in [3.8, 4) is 11.1 Å². The third-order valence-electron chi connectivity index (χ3n) is 6.39. The standard InChI is InChI=1S/C27H26BrNO4/c1-3-29(27(2,25(30)31)16-18-12-14-19(28)15-13-18)26(32)33-17-24-22-10-6-4-8-20(22)21-9-5-7-11-23(21)24/h4-15,24H,3,16-17H2,1-2H3,(H,30,31). The Morgan fingerprint density at radius 1 is 0.970 bits per heavy atom. The van der Waals surface area contributed by atoms with E-state index in [4.69, 9.17) is 4.74 Å². The molecular weight excluding hydrogens is 482 g/mol. The molecule has 1 atom stereocenters. The van der Waals surface area contributed by atoms with Crippen molar-refractivity contribution in [2.45, 2.75) is 31.7 Å². The monoisotopic (exact) mass is 507 g/mol. The van der Waals surface area contributed by atoms with E-state index in [2.05, 4.69) is 40.2 Å². The van der Waals surface area contributed by atoms with Crippen molar-refractivity contribution in [2.75, 3.05) is 13.2 Å². The van der Waals surface area contributed by atoms with Crippen molar-refractivity contribution < 1.29 is 19.4 Å². The van der Waals surface area contributed by atoms with Crippen molar-refractivity contribution in [3.05, 3.63) is 94.0 Å². The summed E-state index contributed by atoms with van der Waals surface area (Å²) in [6.07, 6.45) is -0.449. The molecule has 6 heteroatoms. The molecule has 1 aliphatic carbocycles. The maximum Gasteiger partial charge on any atom is 0.410 e. The highest BCUT2D eigenvalue weighted by molar-refractivity contribution is 9.10. The number of amides is 1. The number of carboxylic acid groups (broad SMARTS) is 1. The van der Waals surface area contributed by atoms with Gasteiger partial charge in [-0.3, -0.25) is 4.90 Å². The third kappa shape index (κ3) is 4.40. The SMILES string of the molecule is CCN(C(=O)OCC1c2ccccc2-c2ccccc21)C(C)(Cc1ccc(Br)cc1)C(=O)O. The molecule has 0 fully saturated rings. The zero-order valence-electron chi connectivity index (χ0n) is 18.6. The second-order valence-electron chi connectivity index (χ2n) is 8.43. The van der Waals surface area contributed by atoms with Gasteiger partial charge in [-0.05, 0) is 53.8 Å². The van der Waals surface area contributed by atoms with Gasteiger partial charge in [0.2, 0.25) is 0 Å². The Hall–Kier alpha value is -3.12. The summed E-state index contributed by atoms with van der Waals surface area (Å²) in [5.41, 5.74) is 3.91. The van der Waals surface area contributed by atoms with Crippen molar-refractivity contribution in [1.29, 1.82) is 0 Å². The largest absolute Gasteiger partial charge is 0.479 e. The minimum absolute atomic E-state index is 0.0809. The lowest BCUT2D eigenvalue weighted by molar-refractivity contribution is -0.149. The van der Waals surface area contributed by atoms with Gasteiger partial charge in [0, 0.05) is 23.4 Å². The molecule has 1 amide bonds. The van der Waals surface area contributed by atoms with Gasteiger partial charge in [0.15, 0.2) is 0 Å². The molecule has 1 N–H and O–H groups in total. The molecule has 0 aromatic heterocycles. The maximum atomic E-state index is 13.2. The lowest BCUT2D eigenvalue weighted by Gasteiger charge is -2.37. The number of rotatable bonds is 7. The van der Waals surface area contributed by atoms with Crippen molar-refractivity contribution in [3.63, 3.8) is 0 Å². The highest BCUT2D eigenvalue weighted by atomic mass is 79.9. The molecule has 1 aliphatic rings. The van der Waals surface area contributed by atoms with E-state index in [-0.39, 0.29) is 25.5 Å². The number of hydrogen-bond acceptors (Lipinski definition) is 3. The van der Waals surface area contributed by atoms with Crippen LogP contribution in [0.1, 0.15) is 36.5 Å². The van der Waals surface area contributed by atoms with E-state index in [0.717, 1.165) is 32.3 Å². The van der Waals surface area contributed by atoms with E-state index in [1.807, 2.05) is 48.5 Å². The molecule has 3 aromatic rings. The number of halogens is 1. The van der Waals surface area contributed by atoms with Crippen LogP contribution in [0.2, 0.25) is 0 Å². The van der Waals surface area contributed by atoms with E-state index < -0.39 is 17.6 Å². The van der Waals surface area contributed by atoms with Crippen LogP contribution in [0.25, 0.3) is 11.1 Å². The quantitative estimate of drug-likeness (QED) is 0.419. The Kier molecular flexibility index (Phi) is 6.56. The normalized spacial score (nSPS) is 14.2. The van der Waals surface area contributed by atoms with Gasteiger partial charge in [0.1, 0.15) is 12.1 Å². The molecule has 170 valence electrons. The Bertz CT molecular complexity index is 1130. The minimum atomic E-state index is -1.44. The van der Waals surface area contributed by atoms with Gasteiger partial charge in [-0.25, -0.2) is 9.59 Å².